The van der Waals surface area contributed by atoms with Crippen LogP contribution in [-0.2, 0) is 26.1 Å². The summed E-state index contributed by atoms with van der Waals surface area (Å²) in [5.41, 5.74) is 2.79. The van der Waals surface area contributed by atoms with Gasteiger partial charge in [-0.1, -0.05) is 13.8 Å². The summed E-state index contributed by atoms with van der Waals surface area (Å²) in [5, 5.41) is 14.5. The van der Waals surface area contributed by atoms with Crippen LogP contribution in [-0.4, -0.2) is 32.2 Å². The molecule has 2 N–H and O–H groups in total. The van der Waals surface area contributed by atoms with Gasteiger partial charge in [0.25, 0.3) is 0 Å². The van der Waals surface area contributed by atoms with Crippen molar-refractivity contribution >= 4 is 22.1 Å². The molecule has 8 nitrogen and oxygen atoms in total. The molecule has 32 heavy (non-hydrogen) atoms. The van der Waals surface area contributed by atoms with E-state index in [2.05, 4.69) is 18.4 Å². The summed E-state index contributed by atoms with van der Waals surface area (Å²) in [5.74, 6) is 0.250. The number of nitrogens with zero attached hydrogens (tertiary/aromatic N) is 2. The molecule has 0 saturated heterocycles. The highest BCUT2D eigenvalue weighted by molar-refractivity contribution is 7.89. The molecule has 9 heteroatoms. The van der Waals surface area contributed by atoms with Crippen LogP contribution in [0.3, 0.4) is 0 Å². The van der Waals surface area contributed by atoms with E-state index in [1.54, 1.807) is 6.08 Å². The lowest BCUT2D eigenvalue weighted by atomic mass is 10.1. The molecule has 0 fully saturated rings. The highest BCUT2D eigenvalue weighted by Crippen LogP contribution is 2.20. The van der Waals surface area contributed by atoms with E-state index in [1.165, 1.54) is 24.3 Å². The zero-order chi connectivity index (χ0) is 23.9. The van der Waals surface area contributed by atoms with Gasteiger partial charge in [0.05, 0.1) is 4.90 Å². The summed E-state index contributed by atoms with van der Waals surface area (Å²) in [6.45, 7) is 9.16. The smallest absolute Gasteiger partial charge is 0.349 e. The first-order valence-electron chi connectivity index (χ1n) is 10.2. The number of nitriles is 1. The first-order valence-corrected chi connectivity index (χ1v) is 11.8. The van der Waals surface area contributed by atoms with Crippen molar-refractivity contribution in [3.05, 3.63) is 52.9 Å². The van der Waals surface area contributed by atoms with Crippen molar-refractivity contribution in [1.29, 1.82) is 5.26 Å². The summed E-state index contributed by atoms with van der Waals surface area (Å²) in [7, 11) is -3.77. The molecule has 1 heterocycles. The fourth-order valence-corrected chi connectivity index (χ4v) is 3.61. The average molecular weight is 460 g/mol. The molecule has 2 rings (SSSR count). The van der Waals surface area contributed by atoms with E-state index in [9.17, 15) is 18.5 Å². The van der Waals surface area contributed by atoms with Gasteiger partial charge in [0.15, 0.2) is 0 Å². The van der Waals surface area contributed by atoms with Crippen LogP contribution in [0.4, 0.5) is 0 Å². The molecule has 0 bridgehead atoms. The van der Waals surface area contributed by atoms with Crippen molar-refractivity contribution in [2.45, 2.75) is 45.6 Å². The van der Waals surface area contributed by atoms with Crippen molar-refractivity contribution in [3.8, 4) is 11.8 Å². The minimum Gasteiger partial charge on any atom is -0.490 e. The van der Waals surface area contributed by atoms with Gasteiger partial charge >= 0.3 is 5.97 Å². The number of aryl methyl sites for hydroxylation is 1. The standard InChI is InChI=1S/C23H29N3O5S/c1-16(2)9-10-26-17(3)13-19(18(26)4)14-20(15-24)23(27)31-12-11-30-21-5-7-22(8-6-21)32(25,28)29/h5-8,13-14,16H,9-12H2,1-4H3,(H2,25,28,29)/b20-14+. The second-order valence-electron chi connectivity index (χ2n) is 7.83. The van der Waals surface area contributed by atoms with Crippen molar-refractivity contribution in [3.63, 3.8) is 0 Å². The Morgan fingerprint density at radius 3 is 2.44 bits per heavy atom. The fourth-order valence-electron chi connectivity index (χ4n) is 3.09. The molecule has 0 spiro atoms. The van der Waals surface area contributed by atoms with Crippen LogP contribution in [0.5, 0.6) is 5.75 Å². The molecule has 2 aromatic rings. The van der Waals surface area contributed by atoms with E-state index in [1.807, 2.05) is 26.0 Å². The van der Waals surface area contributed by atoms with Gasteiger partial charge in [-0.3, -0.25) is 0 Å². The van der Waals surface area contributed by atoms with Gasteiger partial charge < -0.3 is 14.0 Å². The highest BCUT2D eigenvalue weighted by Gasteiger charge is 2.14. The number of aromatic nitrogens is 1. The summed E-state index contributed by atoms with van der Waals surface area (Å²) in [6.07, 6.45) is 2.58. The minimum absolute atomic E-state index is 0.0244. The number of sulfonamides is 1. The molecule has 0 unspecified atom stereocenters. The Kier molecular flexibility index (Phi) is 8.63. The van der Waals surface area contributed by atoms with E-state index < -0.39 is 16.0 Å². The number of hydrogen-bond acceptors (Lipinski definition) is 6. The molecule has 0 aliphatic rings. The minimum atomic E-state index is -3.77. The number of ether oxygens (including phenoxy) is 2. The van der Waals surface area contributed by atoms with Crippen molar-refractivity contribution in [2.75, 3.05) is 13.2 Å². The molecular weight excluding hydrogens is 430 g/mol. The Morgan fingerprint density at radius 2 is 1.88 bits per heavy atom. The number of nitrogens with two attached hydrogens (primary N) is 1. The molecular formula is C23H29N3O5S. The van der Waals surface area contributed by atoms with E-state index in [4.69, 9.17) is 14.6 Å². The summed E-state index contributed by atoms with van der Waals surface area (Å²) < 4.78 is 35.2. The number of esters is 1. The summed E-state index contributed by atoms with van der Waals surface area (Å²) in [4.78, 5) is 12.3. The molecule has 0 atom stereocenters. The van der Waals surface area contributed by atoms with Crippen LogP contribution in [0, 0.1) is 31.1 Å². The molecule has 172 valence electrons. The number of carbonyl (C=O) groups is 1. The summed E-state index contributed by atoms with van der Waals surface area (Å²) in [6, 6.07) is 9.42. The maximum atomic E-state index is 12.3. The molecule has 0 amide bonds. The highest BCUT2D eigenvalue weighted by atomic mass is 32.2. The zero-order valence-electron chi connectivity index (χ0n) is 18.8. The third kappa shape index (κ3) is 6.97. The van der Waals surface area contributed by atoms with E-state index in [0.29, 0.717) is 11.7 Å². The van der Waals surface area contributed by atoms with E-state index >= 15 is 0 Å². The van der Waals surface area contributed by atoms with Crippen LogP contribution < -0.4 is 9.88 Å². The van der Waals surface area contributed by atoms with Crippen LogP contribution >= 0.6 is 0 Å². The number of carbonyl (C=O) groups excluding carboxylic acids is 1. The number of hydrogen-bond donors (Lipinski definition) is 1. The molecule has 0 aliphatic carbocycles. The lowest BCUT2D eigenvalue weighted by Crippen LogP contribution is -2.14. The Morgan fingerprint density at radius 1 is 1.22 bits per heavy atom. The Bertz CT molecular complexity index is 1120. The van der Waals surface area contributed by atoms with Crippen LogP contribution in [0.1, 0.15) is 37.2 Å². The van der Waals surface area contributed by atoms with Crippen molar-refractivity contribution in [1.82, 2.24) is 4.57 Å². The van der Waals surface area contributed by atoms with Crippen molar-refractivity contribution in [2.24, 2.45) is 11.1 Å². The largest absolute Gasteiger partial charge is 0.490 e. The molecule has 1 aromatic heterocycles. The summed E-state index contributed by atoms with van der Waals surface area (Å²) >= 11 is 0. The van der Waals surface area contributed by atoms with Crippen LogP contribution in [0.2, 0.25) is 0 Å². The second-order valence-corrected chi connectivity index (χ2v) is 9.39. The lowest BCUT2D eigenvalue weighted by molar-refractivity contribution is -0.139. The average Bonchev–Trinajstić information content (AvgIpc) is 2.99. The fraction of sp³-hybridized carbons (Fsp3) is 0.391. The first-order chi connectivity index (χ1) is 15.0. The monoisotopic (exact) mass is 459 g/mol. The van der Waals surface area contributed by atoms with Crippen LogP contribution in [0.15, 0.2) is 40.8 Å². The molecule has 0 radical (unpaired) electrons. The van der Waals surface area contributed by atoms with Gasteiger partial charge in [0.2, 0.25) is 10.0 Å². The van der Waals surface area contributed by atoms with E-state index in [-0.39, 0.29) is 23.7 Å². The van der Waals surface area contributed by atoms with Crippen LogP contribution in [0.25, 0.3) is 6.08 Å². The third-order valence-electron chi connectivity index (χ3n) is 4.92. The van der Waals surface area contributed by atoms with Gasteiger partial charge in [-0.15, -0.1) is 0 Å². The SMILES string of the molecule is Cc1cc(/C=C(\C#N)C(=O)OCCOc2ccc(S(N)(=O)=O)cc2)c(C)n1CCC(C)C. The zero-order valence-corrected chi connectivity index (χ0v) is 19.6. The van der Waals surface area contributed by atoms with Gasteiger partial charge in [-0.2, -0.15) is 5.26 Å². The predicted molar refractivity (Wildman–Crippen MR) is 121 cm³/mol. The molecule has 0 aliphatic heterocycles. The normalized spacial score (nSPS) is 12.0. The third-order valence-corrected chi connectivity index (χ3v) is 5.85. The Labute approximate surface area is 189 Å². The number of primary sulfonamides is 1. The topological polar surface area (TPSA) is 124 Å². The first kappa shape index (κ1) is 25.2. The maximum absolute atomic E-state index is 12.3. The van der Waals surface area contributed by atoms with Gasteiger partial charge in [0.1, 0.15) is 30.6 Å². The maximum Gasteiger partial charge on any atom is 0.349 e. The number of benzene rings is 1. The van der Waals surface area contributed by atoms with Gasteiger partial charge in [-0.25, -0.2) is 18.4 Å². The number of rotatable bonds is 10. The van der Waals surface area contributed by atoms with E-state index in [0.717, 1.165) is 29.9 Å². The van der Waals surface area contributed by atoms with Gasteiger partial charge in [-0.05, 0) is 68.2 Å². The van der Waals surface area contributed by atoms with Gasteiger partial charge in [0, 0.05) is 17.9 Å². The Hall–Kier alpha value is -3.09. The lowest BCUT2D eigenvalue weighted by Gasteiger charge is -2.11. The quantitative estimate of drug-likeness (QED) is 0.251. The van der Waals surface area contributed by atoms with Crippen molar-refractivity contribution < 1.29 is 22.7 Å². The molecule has 0 saturated carbocycles. The second kappa shape index (κ2) is 11.0. The molecule has 1 aromatic carbocycles. The Balaban J connectivity index is 1.95. The predicted octanol–water partition coefficient (Wildman–Crippen LogP) is 3.33.